The zero-order chi connectivity index (χ0) is 25.1. The molecule has 0 spiro atoms. The van der Waals surface area contributed by atoms with Gasteiger partial charge in [0.15, 0.2) is 0 Å². The highest BCUT2D eigenvalue weighted by molar-refractivity contribution is 7.26. The SMILES string of the molecule is C=C(N)n1c2ccc(-c3ccccc3)cc2c2c3sc4ccccc4c3cc(N(C)C3C=CC=CC3)c21. The van der Waals surface area contributed by atoms with Crippen LogP contribution in [0.1, 0.15) is 6.42 Å². The lowest BCUT2D eigenvalue weighted by molar-refractivity contribution is 0.755. The van der Waals surface area contributed by atoms with Crippen LogP contribution in [0, 0.1) is 0 Å². The summed E-state index contributed by atoms with van der Waals surface area (Å²) in [5, 5.41) is 5.03. The second kappa shape index (κ2) is 8.39. The predicted molar refractivity (Wildman–Crippen MR) is 162 cm³/mol. The first-order chi connectivity index (χ1) is 18.1. The minimum Gasteiger partial charge on any atom is -0.385 e. The fourth-order valence-electron chi connectivity index (χ4n) is 5.77. The van der Waals surface area contributed by atoms with E-state index in [9.17, 15) is 0 Å². The highest BCUT2D eigenvalue weighted by Crippen LogP contribution is 2.47. The van der Waals surface area contributed by atoms with Crippen LogP contribution in [0.2, 0.25) is 0 Å². The lowest BCUT2D eigenvalue weighted by atomic mass is 10.0. The van der Waals surface area contributed by atoms with Crippen LogP contribution in [0.4, 0.5) is 5.69 Å². The lowest BCUT2D eigenvalue weighted by Gasteiger charge is -2.29. The van der Waals surface area contributed by atoms with E-state index in [1.54, 1.807) is 0 Å². The first-order valence-electron chi connectivity index (χ1n) is 12.6. The highest BCUT2D eigenvalue weighted by atomic mass is 32.1. The molecule has 0 radical (unpaired) electrons. The number of rotatable bonds is 4. The summed E-state index contributed by atoms with van der Waals surface area (Å²) < 4.78 is 4.74. The Bertz CT molecular complexity index is 1900. The molecule has 1 aliphatic carbocycles. The minimum absolute atomic E-state index is 0.271. The fourth-order valence-corrected chi connectivity index (χ4v) is 7.02. The standard InChI is InChI=1S/C33H27N3S/c1-21(34)36-28-18-17-23(22-11-5-3-6-12-22)19-27(28)31-32(36)29(35(2)24-13-7-4-8-14-24)20-26-25-15-9-10-16-30(25)37-33(26)31/h3-13,15-20,24H,1,14,34H2,2H3. The summed E-state index contributed by atoms with van der Waals surface area (Å²) in [5.74, 6) is 0.529. The van der Waals surface area contributed by atoms with Crippen molar-refractivity contribution in [1.82, 2.24) is 4.57 Å². The van der Waals surface area contributed by atoms with E-state index in [4.69, 9.17) is 5.73 Å². The summed E-state index contributed by atoms with van der Waals surface area (Å²) in [6.45, 7) is 4.21. The van der Waals surface area contributed by atoms with E-state index in [1.807, 2.05) is 11.3 Å². The fraction of sp³-hybridized carbons (Fsp3) is 0.0909. The molecule has 0 fully saturated rings. The van der Waals surface area contributed by atoms with Gasteiger partial charge in [0.05, 0.1) is 22.8 Å². The normalized spacial score (nSPS) is 15.3. The monoisotopic (exact) mass is 497 g/mol. The van der Waals surface area contributed by atoms with Crippen molar-refractivity contribution in [3.05, 3.63) is 110 Å². The number of likely N-dealkylation sites (N-methyl/N-ethyl adjacent to an activating group) is 1. The van der Waals surface area contributed by atoms with Gasteiger partial charge in [-0.2, -0.15) is 0 Å². The quantitative estimate of drug-likeness (QED) is 0.265. The highest BCUT2D eigenvalue weighted by Gasteiger charge is 2.24. The van der Waals surface area contributed by atoms with Gasteiger partial charge >= 0.3 is 0 Å². The number of allylic oxidation sites excluding steroid dienone is 2. The lowest BCUT2D eigenvalue weighted by Crippen LogP contribution is -2.30. The van der Waals surface area contributed by atoms with Gasteiger partial charge in [-0.1, -0.05) is 85.5 Å². The zero-order valence-corrected chi connectivity index (χ0v) is 21.5. The second-order valence-electron chi connectivity index (χ2n) is 9.75. The molecule has 1 aliphatic rings. The molecule has 180 valence electrons. The third-order valence-corrected chi connectivity index (χ3v) is 8.79. The van der Waals surface area contributed by atoms with E-state index in [1.165, 1.54) is 47.8 Å². The summed E-state index contributed by atoms with van der Waals surface area (Å²) in [5.41, 5.74) is 12.3. The Balaban J connectivity index is 1.65. The Labute approximate surface area is 220 Å². The van der Waals surface area contributed by atoms with Gasteiger partial charge in [0.2, 0.25) is 0 Å². The number of aromatic nitrogens is 1. The number of nitrogens with two attached hydrogens (primary N) is 1. The van der Waals surface area contributed by atoms with Gasteiger partial charge in [-0.15, -0.1) is 11.3 Å². The van der Waals surface area contributed by atoms with Crippen molar-refractivity contribution in [2.24, 2.45) is 5.73 Å². The predicted octanol–water partition coefficient (Wildman–Crippen LogP) is 8.54. The number of nitrogens with zero attached hydrogens (tertiary/aromatic N) is 2. The first kappa shape index (κ1) is 22.0. The van der Waals surface area contributed by atoms with Crippen molar-refractivity contribution in [1.29, 1.82) is 0 Å². The molecule has 2 heterocycles. The molecule has 3 nitrogen and oxygen atoms in total. The van der Waals surface area contributed by atoms with Gasteiger partial charge in [0.25, 0.3) is 0 Å². The van der Waals surface area contributed by atoms with E-state index in [2.05, 4.69) is 126 Å². The Morgan fingerprint density at radius 3 is 2.51 bits per heavy atom. The molecule has 0 bridgehead atoms. The van der Waals surface area contributed by atoms with Crippen LogP contribution in [0.3, 0.4) is 0 Å². The molecule has 1 unspecified atom stereocenters. The van der Waals surface area contributed by atoms with E-state index in [-0.39, 0.29) is 6.04 Å². The Hall–Kier alpha value is -4.28. The molecule has 6 aromatic rings. The maximum atomic E-state index is 6.53. The number of thiophene rings is 1. The Morgan fingerprint density at radius 1 is 0.919 bits per heavy atom. The van der Waals surface area contributed by atoms with Crippen LogP contribution in [0.15, 0.2) is 110 Å². The third-order valence-electron chi connectivity index (χ3n) is 7.58. The second-order valence-corrected chi connectivity index (χ2v) is 10.8. The zero-order valence-electron chi connectivity index (χ0n) is 20.7. The topological polar surface area (TPSA) is 34.2 Å². The summed E-state index contributed by atoms with van der Waals surface area (Å²) in [6.07, 6.45) is 9.75. The molecule has 1 atom stereocenters. The summed E-state index contributed by atoms with van der Waals surface area (Å²) >= 11 is 1.86. The van der Waals surface area contributed by atoms with Crippen molar-refractivity contribution in [3.63, 3.8) is 0 Å². The molecule has 0 aliphatic heterocycles. The van der Waals surface area contributed by atoms with Crippen LogP contribution >= 0.6 is 11.3 Å². The van der Waals surface area contributed by atoms with E-state index >= 15 is 0 Å². The number of hydrogen-bond acceptors (Lipinski definition) is 3. The van der Waals surface area contributed by atoms with Crippen LogP contribution in [-0.2, 0) is 0 Å². The van der Waals surface area contributed by atoms with Crippen LogP contribution < -0.4 is 10.6 Å². The number of anilines is 1. The Kier molecular flexibility index (Phi) is 4.98. The van der Waals surface area contributed by atoms with Crippen molar-refractivity contribution < 1.29 is 0 Å². The summed E-state index contributed by atoms with van der Waals surface area (Å²) in [7, 11) is 2.19. The van der Waals surface area contributed by atoms with Gasteiger partial charge in [-0.05, 0) is 41.8 Å². The number of fused-ring (bicyclic) bond motifs is 7. The van der Waals surface area contributed by atoms with Gasteiger partial charge in [0, 0.05) is 38.0 Å². The van der Waals surface area contributed by atoms with Crippen LogP contribution in [0.25, 0.3) is 58.9 Å². The third kappa shape index (κ3) is 3.33. The molecule has 2 aromatic heterocycles. The van der Waals surface area contributed by atoms with E-state index < -0.39 is 0 Å². The van der Waals surface area contributed by atoms with Crippen molar-refractivity contribution in [2.75, 3.05) is 11.9 Å². The Morgan fingerprint density at radius 2 is 1.73 bits per heavy atom. The molecule has 7 rings (SSSR count). The molecule has 0 saturated heterocycles. The molecule has 4 heteroatoms. The summed E-state index contributed by atoms with van der Waals surface area (Å²) in [4.78, 5) is 2.39. The molecule has 37 heavy (non-hydrogen) atoms. The van der Waals surface area contributed by atoms with Gasteiger partial charge in [0.1, 0.15) is 5.82 Å². The summed E-state index contributed by atoms with van der Waals surface area (Å²) in [6, 6.07) is 28.6. The van der Waals surface area contributed by atoms with E-state index in [0.29, 0.717) is 5.82 Å². The largest absolute Gasteiger partial charge is 0.385 e. The number of hydrogen-bond donors (Lipinski definition) is 1. The molecule has 0 amide bonds. The van der Waals surface area contributed by atoms with Gasteiger partial charge < -0.3 is 10.6 Å². The maximum Gasteiger partial charge on any atom is 0.100 e. The van der Waals surface area contributed by atoms with Crippen LogP contribution in [-0.4, -0.2) is 17.7 Å². The van der Waals surface area contributed by atoms with Gasteiger partial charge in [-0.3, -0.25) is 4.57 Å². The van der Waals surface area contributed by atoms with E-state index in [0.717, 1.165) is 17.5 Å². The van der Waals surface area contributed by atoms with Crippen molar-refractivity contribution in [2.45, 2.75) is 12.5 Å². The molecule has 2 N–H and O–H groups in total. The minimum atomic E-state index is 0.271. The average molecular weight is 498 g/mol. The smallest absolute Gasteiger partial charge is 0.100 e. The number of benzene rings is 4. The molecular formula is C33H27N3S. The van der Waals surface area contributed by atoms with Crippen molar-refractivity contribution in [3.8, 4) is 11.1 Å². The molecule has 0 saturated carbocycles. The molecular weight excluding hydrogens is 470 g/mol. The molecule has 4 aromatic carbocycles. The first-order valence-corrected chi connectivity index (χ1v) is 13.4. The van der Waals surface area contributed by atoms with Gasteiger partial charge in [-0.25, -0.2) is 0 Å². The maximum absolute atomic E-state index is 6.53. The van der Waals surface area contributed by atoms with Crippen molar-refractivity contribution >= 4 is 64.8 Å². The average Bonchev–Trinajstić information content (AvgIpc) is 3.48. The van der Waals surface area contributed by atoms with Crippen LogP contribution in [0.5, 0.6) is 0 Å².